The van der Waals surface area contributed by atoms with E-state index in [0.717, 1.165) is 35.4 Å². The third-order valence-electron chi connectivity index (χ3n) is 4.19. The van der Waals surface area contributed by atoms with E-state index in [4.69, 9.17) is 0 Å². The number of carbonyl (C=O) groups is 1. The molecule has 1 heterocycles. The van der Waals surface area contributed by atoms with Gasteiger partial charge in [0, 0.05) is 34.1 Å². The van der Waals surface area contributed by atoms with Crippen molar-refractivity contribution < 1.29 is 4.79 Å². The Morgan fingerprint density at radius 3 is 2.62 bits per heavy atom. The summed E-state index contributed by atoms with van der Waals surface area (Å²) in [6, 6.07) is 1.94. The lowest BCUT2D eigenvalue weighted by atomic mass is 9.78. The summed E-state index contributed by atoms with van der Waals surface area (Å²) < 4.78 is 0. The van der Waals surface area contributed by atoms with E-state index in [0.29, 0.717) is 5.57 Å². The maximum atomic E-state index is 11.6. The number of ketones is 1. The van der Waals surface area contributed by atoms with Crippen LogP contribution in [0.4, 0.5) is 0 Å². The molecular formula is C18H22N2O. The van der Waals surface area contributed by atoms with E-state index in [1.807, 2.05) is 13.0 Å². The summed E-state index contributed by atoms with van der Waals surface area (Å²) >= 11 is 0. The van der Waals surface area contributed by atoms with Crippen LogP contribution in [0.25, 0.3) is 11.3 Å². The molecular weight excluding hydrogens is 260 g/mol. The zero-order valence-electron chi connectivity index (χ0n) is 13.0. The van der Waals surface area contributed by atoms with Crippen LogP contribution in [-0.2, 0) is 4.79 Å². The number of rotatable bonds is 5. The van der Waals surface area contributed by atoms with Crippen molar-refractivity contribution in [2.75, 3.05) is 0 Å². The number of aromatic nitrogens is 1. The molecule has 0 radical (unpaired) electrons. The molecule has 0 spiro atoms. The molecule has 0 bridgehead atoms. The van der Waals surface area contributed by atoms with Crippen LogP contribution in [0.2, 0.25) is 0 Å². The molecule has 0 saturated heterocycles. The number of nitrogens with zero attached hydrogens (tertiary/aromatic N) is 1. The standard InChI is InChI=1S/C18H22N2O/c1-6-17(20-18(5)8-7-9-18)15-10-16(12(2)14(4)21)13(3)19-11-15/h10-11,20H,1-2,7-9H2,3-5H3. The quantitative estimate of drug-likeness (QED) is 0.662. The zero-order valence-corrected chi connectivity index (χ0v) is 13.0. The minimum absolute atomic E-state index is 0.0416. The van der Waals surface area contributed by atoms with E-state index in [1.54, 1.807) is 6.20 Å². The number of nitrogens with one attached hydrogen (secondary N) is 1. The molecule has 3 heteroatoms. The molecule has 0 aromatic carbocycles. The van der Waals surface area contributed by atoms with Gasteiger partial charge in [-0.15, -0.1) is 5.73 Å². The second-order valence-corrected chi connectivity index (χ2v) is 5.98. The first-order valence-corrected chi connectivity index (χ1v) is 7.22. The summed E-state index contributed by atoms with van der Waals surface area (Å²) in [5.74, 6) is -0.0416. The van der Waals surface area contributed by atoms with Crippen LogP contribution in [0.3, 0.4) is 0 Å². The maximum absolute atomic E-state index is 11.6. The lowest BCUT2D eigenvalue weighted by molar-refractivity contribution is -0.111. The van der Waals surface area contributed by atoms with Gasteiger partial charge in [0.1, 0.15) is 0 Å². The normalized spacial score (nSPS) is 15.6. The molecule has 1 aliphatic carbocycles. The summed E-state index contributed by atoms with van der Waals surface area (Å²) in [6.45, 7) is 13.2. The van der Waals surface area contributed by atoms with Crippen molar-refractivity contribution in [3.05, 3.63) is 48.0 Å². The molecule has 0 unspecified atom stereocenters. The van der Waals surface area contributed by atoms with E-state index in [1.165, 1.54) is 13.3 Å². The van der Waals surface area contributed by atoms with Gasteiger partial charge >= 0.3 is 0 Å². The van der Waals surface area contributed by atoms with Crippen LogP contribution in [-0.4, -0.2) is 16.3 Å². The van der Waals surface area contributed by atoms with Gasteiger partial charge in [-0.2, -0.15) is 0 Å². The summed E-state index contributed by atoms with van der Waals surface area (Å²) in [7, 11) is 0. The third-order valence-corrected chi connectivity index (χ3v) is 4.19. The highest BCUT2D eigenvalue weighted by molar-refractivity contribution is 6.19. The smallest absolute Gasteiger partial charge is 0.159 e. The van der Waals surface area contributed by atoms with Crippen molar-refractivity contribution in [2.45, 2.75) is 45.6 Å². The molecule has 2 rings (SSSR count). The van der Waals surface area contributed by atoms with Crippen molar-refractivity contribution in [1.82, 2.24) is 10.3 Å². The Hall–Kier alpha value is -2.12. The lowest BCUT2D eigenvalue weighted by Gasteiger charge is -2.40. The molecule has 1 aromatic heterocycles. The summed E-state index contributed by atoms with van der Waals surface area (Å²) in [5.41, 5.74) is 6.87. The molecule has 1 N–H and O–H groups in total. The minimum Gasteiger partial charge on any atom is -0.373 e. The van der Waals surface area contributed by atoms with Crippen molar-refractivity contribution in [3.8, 4) is 0 Å². The third kappa shape index (κ3) is 3.14. The van der Waals surface area contributed by atoms with Crippen LogP contribution in [0.5, 0.6) is 0 Å². The van der Waals surface area contributed by atoms with Crippen molar-refractivity contribution in [2.24, 2.45) is 0 Å². The number of hydrogen-bond donors (Lipinski definition) is 1. The molecule has 3 nitrogen and oxygen atoms in total. The average molecular weight is 282 g/mol. The fourth-order valence-electron chi connectivity index (χ4n) is 2.52. The van der Waals surface area contributed by atoms with Crippen molar-refractivity contribution >= 4 is 17.1 Å². The Bertz CT molecular complexity index is 647. The van der Waals surface area contributed by atoms with Gasteiger partial charge in [-0.05, 0) is 46.1 Å². The predicted molar refractivity (Wildman–Crippen MR) is 86.6 cm³/mol. The van der Waals surface area contributed by atoms with Crippen LogP contribution >= 0.6 is 0 Å². The highest BCUT2D eigenvalue weighted by Gasteiger charge is 2.32. The molecule has 0 atom stereocenters. The lowest BCUT2D eigenvalue weighted by Crippen LogP contribution is -2.46. The van der Waals surface area contributed by atoms with Crippen LogP contribution < -0.4 is 5.32 Å². The first-order chi connectivity index (χ1) is 9.86. The molecule has 1 saturated carbocycles. The molecule has 1 aliphatic rings. The van der Waals surface area contributed by atoms with Crippen molar-refractivity contribution in [1.29, 1.82) is 0 Å². The highest BCUT2D eigenvalue weighted by Crippen LogP contribution is 2.33. The van der Waals surface area contributed by atoms with Crippen LogP contribution in [0, 0.1) is 6.92 Å². The fourth-order valence-corrected chi connectivity index (χ4v) is 2.52. The first-order valence-electron chi connectivity index (χ1n) is 7.22. The topological polar surface area (TPSA) is 42.0 Å². The predicted octanol–water partition coefficient (Wildman–Crippen LogP) is 3.65. The van der Waals surface area contributed by atoms with Gasteiger partial charge in [-0.25, -0.2) is 0 Å². The van der Waals surface area contributed by atoms with Gasteiger partial charge in [0.15, 0.2) is 5.78 Å². The van der Waals surface area contributed by atoms with Gasteiger partial charge < -0.3 is 5.32 Å². The number of Topliss-reactive ketones (excluding diaryl/α,β-unsaturated/α-hetero) is 1. The van der Waals surface area contributed by atoms with E-state index >= 15 is 0 Å². The Morgan fingerprint density at radius 1 is 1.48 bits per heavy atom. The molecule has 0 aliphatic heterocycles. The zero-order chi connectivity index (χ0) is 15.6. The Labute approximate surface area is 126 Å². The summed E-state index contributed by atoms with van der Waals surface area (Å²) in [6.07, 6.45) is 5.32. The van der Waals surface area contributed by atoms with Crippen LogP contribution in [0.1, 0.15) is 49.9 Å². The van der Waals surface area contributed by atoms with Gasteiger partial charge in [-0.1, -0.05) is 13.2 Å². The molecule has 0 amide bonds. The average Bonchev–Trinajstić information content (AvgIpc) is 2.42. The van der Waals surface area contributed by atoms with E-state index in [2.05, 4.69) is 36.1 Å². The second-order valence-electron chi connectivity index (χ2n) is 5.98. The molecule has 21 heavy (non-hydrogen) atoms. The summed E-state index contributed by atoms with van der Waals surface area (Å²) in [4.78, 5) is 15.9. The minimum atomic E-state index is -0.0416. The molecule has 110 valence electrons. The van der Waals surface area contributed by atoms with Crippen molar-refractivity contribution in [3.63, 3.8) is 0 Å². The Balaban J connectivity index is 2.35. The number of pyridine rings is 1. The fraction of sp³-hybridized carbons (Fsp3) is 0.389. The Kier molecular flexibility index (Phi) is 4.15. The van der Waals surface area contributed by atoms with E-state index in [-0.39, 0.29) is 11.3 Å². The number of aryl methyl sites for hydroxylation is 1. The van der Waals surface area contributed by atoms with Gasteiger partial charge in [0.2, 0.25) is 0 Å². The highest BCUT2D eigenvalue weighted by atomic mass is 16.1. The van der Waals surface area contributed by atoms with E-state index < -0.39 is 0 Å². The Morgan fingerprint density at radius 2 is 2.14 bits per heavy atom. The number of hydrogen-bond acceptors (Lipinski definition) is 3. The summed E-state index contributed by atoms with van der Waals surface area (Å²) in [5, 5.41) is 3.50. The largest absolute Gasteiger partial charge is 0.373 e. The maximum Gasteiger partial charge on any atom is 0.159 e. The monoisotopic (exact) mass is 282 g/mol. The van der Waals surface area contributed by atoms with E-state index in [9.17, 15) is 4.79 Å². The van der Waals surface area contributed by atoms with Gasteiger partial charge in [0.05, 0.1) is 5.70 Å². The first kappa shape index (κ1) is 15.3. The van der Waals surface area contributed by atoms with Gasteiger partial charge in [-0.3, -0.25) is 9.78 Å². The molecule has 1 fully saturated rings. The number of allylic oxidation sites excluding steroid dienone is 1. The molecule has 1 aromatic rings. The van der Waals surface area contributed by atoms with Crippen LogP contribution in [0.15, 0.2) is 31.2 Å². The van der Waals surface area contributed by atoms with Gasteiger partial charge in [0.25, 0.3) is 0 Å². The second kappa shape index (κ2) is 5.71. The number of carbonyl (C=O) groups excluding carboxylic acids is 1. The SMILES string of the molecule is C=C=C(NC1(C)CCC1)c1cnc(C)c(C(=C)C(C)=O)c1.